The van der Waals surface area contributed by atoms with Crippen LogP contribution in [0.2, 0.25) is 0 Å². The van der Waals surface area contributed by atoms with Gasteiger partial charge in [-0.05, 0) is 38.3 Å². The lowest BCUT2D eigenvalue weighted by Crippen LogP contribution is -2.41. The lowest BCUT2D eigenvalue weighted by atomic mass is 9.96. The minimum Gasteiger partial charge on any atom is -0.369 e. The number of anilines is 1. The molecule has 0 aliphatic rings. The van der Waals surface area contributed by atoms with E-state index in [9.17, 15) is 0 Å². The topological polar surface area (TPSA) is 29.3 Å². The number of nitrogens with zero attached hydrogens (tertiary/aromatic N) is 1. The van der Waals surface area contributed by atoms with Gasteiger partial charge in [-0.2, -0.15) is 0 Å². The maximum Gasteiger partial charge on any atom is 0.0416 e. The standard InChI is InChI=1S/C15H26N2/c1-6-13(16)12-10-8-9-11-14(12)17(5)15(3,4)7-2/h8-11,13H,6-7,16H2,1-5H3/t13-/m0/s1. The number of hydrogen-bond donors (Lipinski definition) is 1. The normalized spacial score (nSPS) is 13.5. The van der Waals surface area contributed by atoms with Crippen molar-refractivity contribution in [3.05, 3.63) is 29.8 Å². The number of para-hydroxylation sites is 1. The first-order valence-electron chi connectivity index (χ1n) is 6.52. The number of hydrogen-bond acceptors (Lipinski definition) is 2. The summed E-state index contributed by atoms with van der Waals surface area (Å²) < 4.78 is 0. The molecule has 0 amide bonds. The Kier molecular flexibility index (Phi) is 4.58. The first-order chi connectivity index (χ1) is 7.94. The average Bonchev–Trinajstić information content (AvgIpc) is 2.36. The number of rotatable bonds is 5. The van der Waals surface area contributed by atoms with Crippen LogP contribution in [-0.2, 0) is 0 Å². The van der Waals surface area contributed by atoms with Crippen LogP contribution in [0.3, 0.4) is 0 Å². The Hall–Kier alpha value is -1.02. The molecule has 96 valence electrons. The zero-order chi connectivity index (χ0) is 13.1. The van der Waals surface area contributed by atoms with Gasteiger partial charge in [0.25, 0.3) is 0 Å². The Morgan fingerprint density at radius 1 is 1.24 bits per heavy atom. The van der Waals surface area contributed by atoms with Crippen molar-refractivity contribution in [2.75, 3.05) is 11.9 Å². The lowest BCUT2D eigenvalue weighted by molar-refractivity contribution is 0.468. The highest BCUT2D eigenvalue weighted by molar-refractivity contribution is 5.56. The van der Waals surface area contributed by atoms with Crippen molar-refractivity contribution in [1.29, 1.82) is 0 Å². The average molecular weight is 234 g/mol. The molecule has 2 heteroatoms. The molecule has 0 radical (unpaired) electrons. The monoisotopic (exact) mass is 234 g/mol. The Morgan fingerprint density at radius 2 is 1.82 bits per heavy atom. The summed E-state index contributed by atoms with van der Waals surface area (Å²) in [6, 6.07) is 8.60. The molecule has 0 unspecified atom stereocenters. The van der Waals surface area contributed by atoms with E-state index in [0.717, 1.165) is 12.8 Å². The van der Waals surface area contributed by atoms with E-state index in [0.29, 0.717) is 0 Å². The molecule has 0 aliphatic carbocycles. The first kappa shape index (κ1) is 14.0. The third-order valence-electron chi connectivity index (χ3n) is 3.91. The van der Waals surface area contributed by atoms with Crippen molar-refractivity contribution < 1.29 is 0 Å². The highest BCUT2D eigenvalue weighted by atomic mass is 15.2. The zero-order valence-corrected chi connectivity index (χ0v) is 11.8. The van der Waals surface area contributed by atoms with E-state index >= 15 is 0 Å². The lowest BCUT2D eigenvalue weighted by Gasteiger charge is -2.38. The quantitative estimate of drug-likeness (QED) is 0.841. The molecule has 0 aliphatic heterocycles. The largest absolute Gasteiger partial charge is 0.369 e. The van der Waals surface area contributed by atoms with Crippen LogP contribution < -0.4 is 10.6 Å². The molecule has 0 saturated carbocycles. The molecule has 1 aromatic carbocycles. The third-order valence-corrected chi connectivity index (χ3v) is 3.91. The summed E-state index contributed by atoms with van der Waals surface area (Å²) >= 11 is 0. The Bertz CT molecular complexity index is 358. The van der Waals surface area contributed by atoms with E-state index in [4.69, 9.17) is 5.73 Å². The maximum absolute atomic E-state index is 6.19. The third kappa shape index (κ3) is 3.01. The van der Waals surface area contributed by atoms with Crippen LogP contribution in [0.25, 0.3) is 0 Å². The summed E-state index contributed by atoms with van der Waals surface area (Å²) in [6.07, 6.45) is 2.08. The highest BCUT2D eigenvalue weighted by Gasteiger charge is 2.24. The van der Waals surface area contributed by atoms with Crippen LogP contribution in [0, 0.1) is 0 Å². The van der Waals surface area contributed by atoms with Gasteiger partial charge in [0.2, 0.25) is 0 Å². The fraction of sp³-hybridized carbons (Fsp3) is 0.600. The van der Waals surface area contributed by atoms with E-state index < -0.39 is 0 Å². The van der Waals surface area contributed by atoms with E-state index in [1.807, 2.05) is 0 Å². The van der Waals surface area contributed by atoms with E-state index in [2.05, 4.69) is 63.9 Å². The summed E-state index contributed by atoms with van der Waals surface area (Å²) in [5.41, 5.74) is 8.85. The molecule has 17 heavy (non-hydrogen) atoms. The van der Waals surface area contributed by atoms with Gasteiger partial charge in [0, 0.05) is 24.3 Å². The summed E-state index contributed by atoms with van der Waals surface area (Å²) in [4.78, 5) is 2.35. The van der Waals surface area contributed by atoms with Crippen molar-refractivity contribution in [3.8, 4) is 0 Å². The zero-order valence-electron chi connectivity index (χ0n) is 11.8. The van der Waals surface area contributed by atoms with Gasteiger partial charge in [0.15, 0.2) is 0 Å². The fourth-order valence-corrected chi connectivity index (χ4v) is 1.89. The van der Waals surface area contributed by atoms with Gasteiger partial charge in [-0.1, -0.05) is 32.0 Å². The van der Waals surface area contributed by atoms with Gasteiger partial charge in [-0.15, -0.1) is 0 Å². The molecule has 0 fully saturated rings. The second-order valence-corrected chi connectivity index (χ2v) is 5.30. The van der Waals surface area contributed by atoms with E-state index in [1.54, 1.807) is 0 Å². The Balaban J connectivity index is 3.13. The van der Waals surface area contributed by atoms with Gasteiger partial charge in [0.1, 0.15) is 0 Å². The van der Waals surface area contributed by atoms with Crippen LogP contribution in [0.4, 0.5) is 5.69 Å². The van der Waals surface area contributed by atoms with Gasteiger partial charge in [-0.3, -0.25) is 0 Å². The number of nitrogens with two attached hydrogens (primary N) is 1. The second-order valence-electron chi connectivity index (χ2n) is 5.30. The molecule has 0 spiro atoms. The predicted molar refractivity (Wildman–Crippen MR) is 76.4 cm³/mol. The van der Waals surface area contributed by atoms with Gasteiger partial charge in [0.05, 0.1) is 0 Å². The molecule has 1 atom stereocenters. The Labute approximate surface area is 106 Å². The minimum absolute atomic E-state index is 0.126. The minimum atomic E-state index is 0.126. The molecule has 1 rings (SSSR count). The molecule has 0 saturated heterocycles. The summed E-state index contributed by atoms with van der Waals surface area (Å²) in [6.45, 7) is 8.88. The van der Waals surface area contributed by atoms with E-state index in [-0.39, 0.29) is 11.6 Å². The fourth-order valence-electron chi connectivity index (χ4n) is 1.89. The van der Waals surface area contributed by atoms with Gasteiger partial charge in [-0.25, -0.2) is 0 Å². The van der Waals surface area contributed by atoms with Crippen LogP contribution in [0.15, 0.2) is 24.3 Å². The van der Waals surface area contributed by atoms with Crippen molar-refractivity contribution in [2.45, 2.75) is 52.1 Å². The summed E-state index contributed by atoms with van der Waals surface area (Å²) in [5, 5.41) is 0. The van der Waals surface area contributed by atoms with Crippen molar-refractivity contribution in [3.63, 3.8) is 0 Å². The van der Waals surface area contributed by atoms with Crippen molar-refractivity contribution >= 4 is 5.69 Å². The SMILES string of the molecule is CC[C@H](N)c1ccccc1N(C)C(C)(C)CC. The smallest absolute Gasteiger partial charge is 0.0416 e. The van der Waals surface area contributed by atoms with Gasteiger partial charge >= 0.3 is 0 Å². The maximum atomic E-state index is 6.19. The Morgan fingerprint density at radius 3 is 2.35 bits per heavy atom. The van der Waals surface area contributed by atoms with Crippen LogP contribution in [0.1, 0.15) is 52.1 Å². The molecule has 0 bridgehead atoms. The molecule has 1 aromatic rings. The van der Waals surface area contributed by atoms with Gasteiger partial charge < -0.3 is 10.6 Å². The van der Waals surface area contributed by atoms with Crippen molar-refractivity contribution in [2.24, 2.45) is 5.73 Å². The molecular weight excluding hydrogens is 208 g/mol. The van der Waals surface area contributed by atoms with Crippen LogP contribution in [-0.4, -0.2) is 12.6 Å². The molecule has 0 heterocycles. The predicted octanol–water partition coefficient (Wildman–Crippen LogP) is 3.72. The number of benzene rings is 1. The first-order valence-corrected chi connectivity index (χ1v) is 6.52. The highest BCUT2D eigenvalue weighted by Crippen LogP contribution is 2.31. The molecule has 2 nitrogen and oxygen atoms in total. The van der Waals surface area contributed by atoms with Crippen LogP contribution in [0.5, 0.6) is 0 Å². The van der Waals surface area contributed by atoms with Crippen LogP contribution >= 0.6 is 0 Å². The second kappa shape index (κ2) is 5.54. The molecule has 0 aromatic heterocycles. The van der Waals surface area contributed by atoms with Crippen molar-refractivity contribution in [1.82, 2.24) is 0 Å². The summed E-state index contributed by atoms with van der Waals surface area (Å²) in [7, 11) is 2.16. The van der Waals surface area contributed by atoms with E-state index in [1.165, 1.54) is 11.3 Å². The molecular formula is C15H26N2. The summed E-state index contributed by atoms with van der Waals surface area (Å²) in [5.74, 6) is 0. The molecule has 2 N–H and O–H groups in total.